The third-order valence-corrected chi connectivity index (χ3v) is 6.35. The Morgan fingerprint density at radius 3 is 2.61 bits per heavy atom. The highest BCUT2D eigenvalue weighted by molar-refractivity contribution is 6.32. The van der Waals surface area contributed by atoms with Gasteiger partial charge < -0.3 is 24.8 Å². The van der Waals surface area contributed by atoms with Gasteiger partial charge in [0.05, 0.1) is 29.5 Å². The third-order valence-electron chi connectivity index (χ3n) is 6.03. The summed E-state index contributed by atoms with van der Waals surface area (Å²) in [5.74, 6) is -0.747. The van der Waals surface area contributed by atoms with Gasteiger partial charge in [-0.25, -0.2) is 0 Å². The molecule has 7 nitrogen and oxygen atoms in total. The van der Waals surface area contributed by atoms with Crippen molar-refractivity contribution in [3.63, 3.8) is 0 Å². The second-order valence-corrected chi connectivity index (χ2v) is 8.32. The Labute approximate surface area is 184 Å². The van der Waals surface area contributed by atoms with Crippen LogP contribution in [-0.2, 0) is 14.3 Å². The van der Waals surface area contributed by atoms with Crippen molar-refractivity contribution in [2.45, 2.75) is 19.4 Å². The number of ketones is 1. The normalized spacial score (nSPS) is 23.8. The summed E-state index contributed by atoms with van der Waals surface area (Å²) in [5, 5.41) is 7.31. The molecule has 0 saturated carbocycles. The monoisotopic (exact) mass is 440 g/mol. The lowest BCUT2D eigenvalue weighted by Crippen LogP contribution is -2.39. The van der Waals surface area contributed by atoms with Crippen LogP contribution >= 0.6 is 11.6 Å². The molecule has 3 atom stereocenters. The molecule has 160 valence electrons. The second-order valence-electron chi connectivity index (χ2n) is 7.91. The van der Waals surface area contributed by atoms with Gasteiger partial charge >= 0.3 is 5.97 Å². The number of hydrogen-bond acceptors (Lipinski definition) is 7. The number of carbonyl (C=O) groups is 2. The molecule has 1 aliphatic carbocycles. The van der Waals surface area contributed by atoms with Gasteiger partial charge in [0.2, 0.25) is 6.79 Å². The first-order valence-corrected chi connectivity index (χ1v) is 10.4. The number of halogens is 1. The summed E-state index contributed by atoms with van der Waals surface area (Å²) < 4.78 is 15.9. The molecule has 0 aromatic heterocycles. The quantitative estimate of drug-likeness (QED) is 0.532. The van der Waals surface area contributed by atoms with Crippen LogP contribution in [0, 0.1) is 11.8 Å². The zero-order valence-corrected chi connectivity index (χ0v) is 17.8. The van der Waals surface area contributed by atoms with E-state index in [2.05, 4.69) is 10.6 Å². The first kappa shape index (κ1) is 19.8. The fraction of sp³-hybridized carbons (Fsp3) is 0.304. The molecule has 31 heavy (non-hydrogen) atoms. The van der Waals surface area contributed by atoms with Gasteiger partial charge in [0, 0.05) is 22.9 Å². The number of benzene rings is 2. The molecule has 3 aliphatic rings. The Kier molecular flexibility index (Phi) is 4.78. The Morgan fingerprint density at radius 2 is 1.87 bits per heavy atom. The predicted octanol–water partition coefficient (Wildman–Crippen LogP) is 4.30. The predicted molar refractivity (Wildman–Crippen MR) is 115 cm³/mol. The van der Waals surface area contributed by atoms with Crippen LogP contribution in [0.3, 0.4) is 0 Å². The summed E-state index contributed by atoms with van der Waals surface area (Å²) in [5.41, 5.74) is 3.60. The van der Waals surface area contributed by atoms with Gasteiger partial charge in [-0.1, -0.05) is 30.7 Å². The van der Waals surface area contributed by atoms with E-state index in [1.54, 1.807) is 12.1 Å². The molecule has 2 aromatic carbocycles. The molecule has 0 bridgehead atoms. The van der Waals surface area contributed by atoms with Crippen molar-refractivity contribution in [2.24, 2.45) is 11.8 Å². The van der Waals surface area contributed by atoms with Crippen molar-refractivity contribution in [3.05, 3.63) is 58.3 Å². The highest BCUT2D eigenvalue weighted by Crippen LogP contribution is 2.47. The van der Waals surface area contributed by atoms with Crippen molar-refractivity contribution >= 4 is 34.7 Å². The molecule has 0 radical (unpaired) electrons. The van der Waals surface area contributed by atoms with Gasteiger partial charge in [0.1, 0.15) is 5.92 Å². The van der Waals surface area contributed by atoms with Gasteiger partial charge in [-0.3, -0.25) is 9.59 Å². The minimum absolute atomic E-state index is 0.117. The number of Topliss-reactive ketones (excluding diaryl/α,β-unsaturated/α-hetero) is 1. The van der Waals surface area contributed by atoms with E-state index in [0.717, 1.165) is 17.1 Å². The van der Waals surface area contributed by atoms with Crippen molar-refractivity contribution < 1.29 is 23.8 Å². The lowest BCUT2D eigenvalue weighted by Gasteiger charge is -2.32. The zero-order valence-electron chi connectivity index (χ0n) is 17.0. The number of fused-ring (bicyclic) bond motifs is 2. The number of nitrogens with one attached hydrogen (secondary N) is 2. The van der Waals surface area contributed by atoms with Crippen LogP contribution in [0.15, 0.2) is 47.7 Å². The Hall–Kier alpha value is -3.19. The van der Waals surface area contributed by atoms with Crippen molar-refractivity contribution in [2.75, 3.05) is 24.5 Å². The molecule has 2 aromatic rings. The van der Waals surface area contributed by atoms with Crippen LogP contribution in [0.25, 0.3) is 0 Å². The lowest BCUT2D eigenvalue weighted by molar-refractivity contribution is -0.151. The molecule has 8 heteroatoms. The molecular weight excluding hydrogens is 420 g/mol. The summed E-state index contributed by atoms with van der Waals surface area (Å²) >= 11 is 6.63. The van der Waals surface area contributed by atoms with E-state index in [4.69, 9.17) is 25.8 Å². The third kappa shape index (κ3) is 3.20. The molecule has 2 heterocycles. The summed E-state index contributed by atoms with van der Waals surface area (Å²) in [7, 11) is 1.30. The first-order chi connectivity index (χ1) is 15.0. The average Bonchev–Trinajstić information content (AvgIpc) is 3.13. The number of ether oxygens (including phenoxy) is 3. The van der Waals surface area contributed by atoms with E-state index in [1.807, 2.05) is 31.2 Å². The lowest BCUT2D eigenvalue weighted by atomic mass is 9.75. The Morgan fingerprint density at radius 1 is 1.16 bits per heavy atom. The minimum atomic E-state index is -0.871. The number of anilines is 2. The number of esters is 1. The molecule has 0 amide bonds. The molecule has 5 rings (SSSR count). The van der Waals surface area contributed by atoms with E-state index in [1.165, 1.54) is 7.11 Å². The van der Waals surface area contributed by atoms with Crippen LogP contribution in [0.2, 0.25) is 5.02 Å². The molecule has 0 fully saturated rings. The van der Waals surface area contributed by atoms with Gasteiger partial charge in [0.15, 0.2) is 17.3 Å². The van der Waals surface area contributed by atoms with Crippen molar-refractivity contribution in [1.29, 1.82) is 0 Å². The van der Waals surface area contributed by atoms with Gasteiger partial charge in [0.25, 0.3) is 0 Å². The van der Waals surface area contributed by atoms with Gasteiger partial charge in [-0.2, -0.15) is 0 Å². The fourth-order valence-corrected chi connectivity index (χ4v) is 4.78. The van der Waals surface area contributed by atoms with Gasteiger partial charge in [-0.05, 0) is 30.5 Å². The molecule has 2 N–H and O–H groups in total. The Balaban J connectivity index is 1.69. The van der Waals surface area contributed by atoms with Gasteiger partial charge in [-0.15, -0.1) is 0 Å². The topological polar surface area (TPSA) is 85.9 Å². The number of rotatable bonds is 2. The van der Waals surface area contributed by atoms with E-state index in [0.29, 0.717) is 34.1 Å². The number of allylic oxidation sites excluding steroid dienone is 1. The summed E-state index contributed by atoms with van der Waals surface area (Å²) in [6, 6.07) is 10.6. The SMILES string of the molecule is COC(=O)[C@@H]1C(=O)C2=C(C[C@@H]1C)Nc1ccccc1N[C@H]2c1cc2c(cc1Cl)OCO2. The molecule has 0 saturated heterocycles. The standard InChI is InChI=1S/C23H21ClN2O5/c1-11-7-16-20(22(27)19(11)23(28)29-2)21(26-15-6-4-3-5-14(15)25-16)12-8-17-18(9-13(12)24)31-10-30-17/h3-6,8-9,11,19,21,25-26H,7,10H2,1-2H3/t11-,19-,21-/m0/s1. The molecular formula is C23H21ClN2O5. The second kappa shape index (κ2) is 7.50. The van der Waals surface area contributed by atoms with E-state index in [9.17, 15) is 9.59 Å². The number of carbonyl (C=O) groups excluding carboxylic acids is 2. The van der Waals surface area contributed by atoms with Crippen LogP contribution < -0.4 is 20.1 Å². The van der Waals surface area contributed by atoms with E-state index >= 15 is 0 Å². The first-order valence-electron chi connectivity index (χ1n) is 10.0. The maximum absolute atomic E-state index is 13.7. The van der Waals surface area contributed by atoms with Crippen LogP contribution in [0.5, 0.6) is 11.5 Å². The number of para-hydroxylation sites is 2. The van der Waals surface area contributed by atoms with Crippen LogP contribution in [-0.4, -0.2) is 25.7 Å². The van der Waals surface area contributed by atoms with Crippen molar-refractivity contribution in [3.8, 4) is 11.5 Å². The maximum atomic E-state index is 13.7. The largest absolute Gasteiger partial charge is 0.468 e. The maximum Gasteiger partial charge on any atom is 0.316 e. The van der Waals surface area contributed by atoms with Crippen molar-refractivity contribution in [1.82, 2.24) is 0 Å². The number of methoxy groups -OCH3 is 1. The fourth-order valence-electron chi connectivity index (χ4n) is 4.52. The summed E-state index contributed by atoms with van der Waals surface area (Å²) in [6.07, 6.45) is 0.523. The Bertz CT molecular complexity index is 1130. The van der Waals surface area contributed by atoms with Crippen LogP contribution in [0.1, 0.15) is 24.9 Å². The van der Waals surface area contributed by atoms with E-state index < -0.39 is 17.9 Å². The number of hydrogen-bond donors (Lipinski definition) is 2. The average molecular weight is 441 g/mol. The minimum Gasteiger partial charge on any atom is -0.468 e. The highest BCUT2D eigenvalue weighted by Gasteiger charge is 2.44. The molecule has 2 aliphatic heterocycles. The smallest absolute Gasteiger partial charge is 0.316 e. The highest BCUT2D eigenvalue weighted by atomic mass is 35.5. The summed E-state index contributed by atoms with van der Waals surface area (Å²) in [6.45, 7) is 2.00. The molecule has 0 unspecified atom stereocenters. The van der Waals surface area contributed by atoms with E-state index in [-0.39, 0.29) is 18.5 Å². The van der Waals surface area contributed by atoms with Crippen LogP contribution in [0.4, 0.5) is 11.4 Å². The molecule has 0 spiro atoms. The summed E-state index contributed by atoms with van der Waals surface area (Å²) in [4.78, 5) is 26.1. The zero-order chi connectivity index (χ0) is 21.7.